The van der Waals surface area contributed by atoms with Crippen LogP contribution in [0.3, 0.4) is 0 Å². The van der Waals surface area contributed by atoms with E-state index in [2.05, 4.69) is 58.2 Å². The van der Waals surface area contributed by atoms with Gasteiger partial charge in [-0.3, -0.25) is 9.36 Å². The fourth-order valence-electron chi connectivity index (χ4n) is 6.83. The van der Waals surface area contributed by atoms with Gasteiger partial charge in [-0.1, -0.05) is 54.4 Å². The van der Waals surface area contributed by atoms with E-state index in [-0.39, 0.29) is 11.6 Å². The molecule has 2 heterocycles. The molecule has 0 aromatic carbocycles. The van der Waals surface area contributed by atoms with Gasteiger partial charge in [0, 0.05) is 23.7 Å². The number of hydrogen-bond donors (Lipinski definition) is 0. The minimum absolute atomic E-state index is 0.124. The predicted molar refractivity (Wildman–Crippen MR) is 130 cm³/mol. The summed E-state index contributed by atoms with van der Waals surface area (Å²) >= 11 is 0. The van der Waals surface area contributed by atoms with E-state index in [9.17, 15) is 4.79 Å². The summed E-state index contributed by atoms with van der Waals surface area (Å²) in [7, 11) is 0. The van der Waals surface area contributed by atoms with Crippen LogP contribution in [0.4, 0.5) is 0 Å². The van der Waals surface area contributed by atoms with Crippen molar-refractivity contribution in [2.24, 2.45) is 35.5 Å². The van der Waals surface area contributed by atoms with E-state index in [4.69, 9.17) is 4.98 Å². The molecule has 2 saturated carbocycles. The molecule has 0 N–H and O–H groups in total. The van der Waals surface area contributed by atoms with Crippen LogP contribution < -0.4 is 5.56 Å². The molecule has 2 aromatic rings. The highest BCUT2D eigenvalue weighted by atomic mass is 16.1. The second kappa shape index (κ2) is 9.08. The zero-order valence-corrected chi connectivity index (χ0v) is 20.5. The number of nitrogens with zero attached hydrogens (tertiary/aromatic N) is 2. The van der Waals surface area contributed by atoms with Gasteiger partial charge >= 0.3 is 0 Å². The zero-order chi connectivity index (χ0) is 22.3. The van der Waals surface area contributed by atoms with Crippen LogP contribution in [-0.2, 0) is 0 Å². The summed E-state index contributed by atoms with van der Waals surface area (Å²) in [6, 6.07) is 6.40. The third kappa shape index (κ3) is 4.34. The summed E-state index contributed by atoms with van der Waals surface area (Å²) in [5.41, 5.74) is 2.48. The normalized spacial score (nSPS) is 32.1. The van der Waals surface area contributed by atoms with Crippen molar-refractivity contribution in [2.75, 3.05) is 0 Å². The SMILES string of the molecule is CC1CCC(C(C)C)C(c2ccnc3c2ccc(=O)n3C2CC(C)CCC2C(C)C)C1. The predicted octanol–water partition coefficient (Wildman–Crippen LogP) is 7.21. The Balaban J connectivity index is 1.86. The molecule has 6 atom stereocenters. The topological polar surface area (TPSA) is 34.9 Å². The Labute approximate surface area is 188 Å². The zero-order valence-electron chi connectivity index (χ0n) is 20.5. The quantitative estimate of drug-likeness (QED) is 0.522. The molecule has 0 amide bonds. The van der Waals surface area contributed by atoms with E-state index in [1.165, 1.54) is 43.1 Å². The van der Waals surface area contributed by atoms with E-state index in [1.54, 1.807) is 0 Å². The maximum Gasteiger partial charge on any atom is 0.252 e. The van der Waals surface area contributed by atoms with Crippen LogP contribution >= 0.6 is 0 Å². The van der Waals surface area contributed by atoms with Crippen molar-refractivity contribution in [3.05, 3.63) is 40.3 Å². The van der Waals surface area contributed by atoms with Crippen molar-refractivity contribution in [3.63, 3.8) is 0 Å². The number of rotatable bonds is 4. The maximum atomic E-state index is 13.2. The van der Waals surface area contributed by atoms with Crippen LogP contribution in [0, 0.1) is 35.5 Å². The summed E-state index contributed by atoms with van der Waals surface area (Å²) in [5, 5.41) is 1.22. The molecule has 3 heteroatoms. The van der Waals surface area contributed by atoms with E-state index in [0.29, 0.717) is 35.5 Å². The molecule has 0 spiro atoms. The first-order valence-electron chi connectivity index (χ1n) is 12.8. The van der Waals surface area contributed by atoms with Crippen molar-refractivity contribution >= 4 is 11.0 Å². The summed E-state index contributed by atoms with van der Waals surface area (Å²) in [4.78, 5) is 18.1. The van der Waals surface area contributed by atoms with E-state index < -0.39 is 0 Å². The molecule has 31 heavy (non-hydrogen) atoms. The Morgan fingerprint density at radius 1 is 0.871 bits per heavy atom. The molecule has 2 aliphatic rings. The van der Waals surface area contributed by atoms with Crippen molar-refractivity contribution in [2.45, 2.75) is 92.0 Å². The number of hydrogen-bond acceptors (Lipinski definition) is 2. The standard InChI is InChI=1S/C28H42N2O/c1-17(2)21-9-7-19(5)15-25(21)23-13-14-29-28-24(23)11-12-27(31)30(28)26-16-20(6)8-10-22(26)18(3)4/h11-14,17-22,25-26H,7-10,15-16H2,1-6H3. The van der Waals surface area contributed by atoms with Crippen molar-refractivity contribution in [1.29, 1.82) is 0 Å². The van der Waals surface area contributed by atoms with Gasteiger partial charge in [0.2, 0.25) is 0 Å². The highest BCUT2D eigenvalue weighted by molar-refractivity contribution is 5.79. The molecule has 0 bridgehead atoms. The minimum Gasteiger partial charge on any atom is -0.289 e. The van der Waals surface area contributed by atoms with Gasteiger partial charge in [-0.25, -0.2) is 4.98 Å². The van der Waals surface area contributed by atoms with Crippen LogP contribution in [0.1, 0.15) is 97.6 Å². The lowest BCUT2D eigenvalue weighted by atomic mass is 9.67. The summed E-state index contributed by atoms with van der Waals surface area (Å²) < 4.78 is 2.09. The first-order chi connectivity index (χ1) is 14.8. The molecule has 2 aromatic heterocycles. The Bertz CT molecular complexity index is 959. The maximum absolute atomic E-state index is 13.2. The monoisotopic (exact) mass is 422 g/mol. The second-order valence-corrected chi connectivity index (χ2v) is 11.5. The minimum atomic E-state index is 0.124. The van der Waals surface area contributed by atoms with Gasteiger partial charge in [0.1, 0.15) is 5.65 Å². The lowest BCUT2D eigenvalue weighted by Crippen LogP contribution is -2.36. The molecule has 170 valence electrons. The Kier molecular flexibility index (Phi) is 6.60. The van der Waals surface area contributed by atoms with E-state index in [1.807, 2.05) is 12.3 Å². The second-order valence-electron chi connectivity index (χ2n) is 11.5. The molecular formula is C28H42N2O. The van der Waals surface area contributed by atoms with Gasteiger partial charge in [-0.2, -0.15) is 0 Å². The first kappa shape index (κ1) is 22.6. The molecule has 0 saturated heterocycles. The lowest BCUT2D eigenvalue weighted by molar-refractivity contribution is 0.149. The van der Waals surface area contributed by atoms with Crippen molar-refractivity contribution in [1.82, 2.24) is 9.55 Å². The molecule has 0 aliphatic heterocycles. The molecule has 3 nitrogen and oxygen atoms in total. The summed E-state index contributed by atoms with van der Waals surface area (Å²) in [5.74, 6) is 4.49. The van der Waals surface area contributed by atoms with Crippen molar-refractivity contribution < 1.29 is 0 Å². The van der Waals surface area contributed by atoms with Crippen LogP contribution in [0.25, 0.3) is 11.0 Å². The van der Waals surface area contributed by atoms with Gasteiger partial charge in [-0.05, 0) is 84.8 Å². The number of aromatic nitrogens is 2. The number of fused-ring (bicyclic) bond motifs is 1. The Morgan fingerprint density at radius 3 is 2.19 bits per heavy atom. The Hall–Kier alpha value is -1.64. The average molecular weight is 423 g/mol. The first-order valence-corrected chi connectivity index (χ1v) is 12.8. The molecule has 4 rings (SSSR count). The molecule has 2 fully saturated rings. The van der Waals surface area contributed by atoms with E-state index >= 15 is 0 Å². The summed E-state index contributed by atoms with van der Waals surface area (Å²) in [6.45, 7) is 14.1. The third-order valence-electron chi connectivity index (χ3n) is 8.60. The smallest absolute Gasteiger partial charge is 0.252 e. The summed E-state index contributed by atoms with van der Waals surface area (Å²) in [6.07, 6.45) is 9.43. The molecule has 6 unspecified atom stereocenters. The molecule has 2 aliphatic carbocycles. The van der Waals surface area contributed by atoms with Gasteiger partial charge < -0.3 is 0 Å². The Morgan fingerprint density at radius 2 is 1.52 bits per heavy atom. The highest BCUT2D eigenvalue weighted by Gasteiger charge is 2.35. The van der Waals surface area contributed by atoms with E-state index in [0.717, 1.165) is 18.0 Å². The average Bonchev–Trinajstić information content (AvgIpc) is 2.72. The van der Waals surface area contributed by atoms with Crippen LogP contribution in [0.5, 0.6) is 0 Å². The van der Waals surface area contributed by atoms with Crippen molar-refractivity contribution in [3.8, 4) is 0 Å². The van der Waals surface area contributed by atoms with Gasteiger partial charge in [-0.15, -0.1) is 0 Å². The molecular weight excluding hydrogens is 380 g/mol. The third-order valence-corrected chi connectivity index (χ3v) is 8.60. The van der Waals surface area contributed by atoms with Gasteiger partial charge in [0.25, 0.3) is 5.56 Å². The largest absolute Gasteiger partial charge is 0.289 e. The van der Waals surface area contributed by atoms with Crippen LogP contribution in [0.15, 0.2) is 29.2 Å². The fourth-order valence-corrected chi connectivity index (χ4v) is 6.83. The van der Waals surface area contributed by atoms with Crippen LogP contribution in [0.2, 0.25) is 0 Å². The lowest BCUT2D eigenvalue weighted by Gasteiger charge is -2.40. The van der Waals surface area contributed by atoms with Gasteiger partial charge in [0.05, 0.1) is 0 Å². The number of pyridine rings is 2. The fraction of sp³-hybridized carbons (Fsp3) is 0.714. The van der Waals surface area contributed by atoms with Crippen LogP contribution in [-0.4, -0.2) is 9.55 Å². The highest BCUT2D eigenvalue weighted by Crippen LogP contribution is 2.46. The molecule has 0 radical (unpaired) electrons. The van der Waals surface area contributed by atoms with Gasteiger partial charge in [0.15, 0.2) is 0 Å².